The number of likely N-dealkylation sites (tertiary alicyclic amines) is 1. The molecule has 3 N–H and O–H groups in total. The molecule has 1 atom stereocenters. The van der Waals surface area contributed by atoms with Crippen molar-refractivity contribution in [1.29, 1.82) is 0 Å². The van der Waals surface area contributed by atoms with Crippen molar-refractivity contribution in [2.45, 2.75) is 44.7 Å². The van der Waals surface area contributed by atoms with Crippen molar-refractivity contribution < 1.29 is 4.74 Å². The van der Waals surface area contributed by atoms with Crippen molar-refractivity contribution in [2.24, 2.45) is 0 Å². The zero-order valence-electron chi connectivity index (χ0n) is 11.9. The molecule has 2 fully saturated rings. The largest absolute Gasteiger partial charge is 0.463 e. The van der Waals surface area contributed by atoms with Crippen LogP contribution in [0.3, 0.4) is 0 Å². The van der Waals surface area contributed by atoms with E-state index in [4.69, 9.17) is 10.5 Å². The Kier molecular flexibility index (Phi) is 3.86. The van der Waals surface area contributed by atoms with Crippen molar-refractivity contribution >= 4 is 11.9 Å². The standard InChI is InChI=1S/C13H22N6O/c1-2-7-20-13-17-11(14)16-12(18-13)15-9-5-6-19(8-9)10-3-4-10/h9-10H,2-8H2,1H3,(H3,14,15,16,17,18). The molecule has 0 aromatic carbocycles. The first-order valence-electron chi connectivity index (χ1n) is 7.39. The van der Waals surface area contributed by atoms with Gasteiger partial charge in [-0.3, -0.25) is 4.90 Å². The third-order valence-corrected chi connectivity index (χ3v) is 3.68. The van der Waals surface area contributed by atoms with Crippen LogP contribution in [0.2, 0.25) is 0 Å². The fourth-order valence-corrected chi connectivity index (χ4v) is 2.55. The number of anilines is 2. The normalized spacial score (nSPS) is 22.9. The number of nitrogen functional groups attached to an aromatic ring is 1. The van der Waals surface area contributed by atoms with Crippen LogP contribution in [0.25, 0.3) is 0 Å². The van der Waals surface area contributed by atoms with E-state index < -0.39 is 0 Å². The molecule has 0 spiro atoms. The Morgan fingerprint density at radius 2 is 2.15 bits per heavy atom. The van der Waals surface area contributed by atoms with Gasteiger partial charge in [-0.25, -0.2) is 0 Å². The predicted molar refractivity (Wildman–Crippen MR) is 76.6 cm³/mol. The van der Waals surface area contributed by atoms with Crippen molar-refractivity contribution in [3.8, 4) is 6.01 Å². The second-order valence-corrected chi connectivity index (χ2v) is 5.50. The molecule has 2 aliphatic rings. The molecule has 1 aliphatic heterocycles. The zero-order valence-corrected chi connectivity index (χ0v) is 11.9. The van der Waals surface area contributed by atoms with E-state index in [0.29, 0.717) is 24.6 Å². The quantitative estimate of drug-likeness (QED) is 0.798. The summed E-state index contributed by atoms with van der Waals surface area (Å²) in [7, 11) is 0. The lowest BCUT2D eigenvalue weighted by molar-refractivity contribution is 0.292. The summed E-state index contributed by atoms with van der Waals surface area (Å²) in [6.45, 7) is 4.83. The van der Waals surface area contributed by atoms with Crippen LogP contribution in [-0.2, 0) is 0 Å². The van der Waals surface area contributed by atoms with Gasteiger partial charge in [0.15, 0.2) is 0 Å². The Hall–Kier alpha value is -1.63. The van der Waals surface area contributed by atoms with Gasteiger partial charge < -0.3 is 15.8 Å². The van der Waals surface area contributed by atoms with E-state index in [0.717, 1.165) is 32.0 Å². The first kappa shape index (κ1) is 13.4. The van der Waals surface area contributed by atoms with Gasteiger partial charge >= 0.3 is 6.01 Å². The second-order valence-electron chi connectivity index (χ2n) is 5.50. The van der Waals surface area contributed by atoms with Crippen LogP contribution in [0.5, 0.6) is 6.01 Å². The third kappa shape index (κ3) is 3.27. The SMILES string of the molecule is CCCOc1nc(N)nc(NC2CCN(C3CC3)C2)n1. The van der Waals surface area contributed by atoms with Gasteiger partial charge in [0.1, 0.15) is 0 Å². The number of aromatic nitrogens is 3. The molecular formula is C13H22N6O. The molecule has 0 amide bonds. The first-order chi connectivity index (χ1) is 9.74. The van der Waals surface area contributed by atoms with Gasteiger partial charge in [-0.2, -0.15) is 15.0 Å². The van der Waals surface area contributed by atoms with Crippen LogP contribution in [0, 0.1) is 0 Å². The van der Waals surface area contributed by atoms with Crippen LogP contribution in [0.15, 0.2) is 0 Å². The maximum Gasteiger partial charge on any atom is 0.323 e. The minimum atomic E-state index is 0.200. The minimum Gasteiger partial charge on any atom is -0.463 e. The molecule has 1 saturated carbocycles. The third-order valence-electron chi connectivity index (χ3n) is 3.68. The molecule has 2 heterocycles. The lowest BCUT2D eigenvalue weighted by atomic mass is 10.3. The summed E-state index contributed by atoms with van der Waals surface area (Å²) in [4.78, 5) is 14.9. The Morgan fingerprint density at radius 1 is 1.30 bits per heavy atom. The summed E-state index contributed by atoms with van der Waals surface area (Å²) in [5, 5.41) is 3.35. The molecular weight excluding hydrogens is 256 g/mol. The summed E-state index contributed by atoms with van der Waals surface area (Å²) in [5.74, 6) is 0.719. The molecule has 1 saturated heterocycles. The van der Waals surface area contributed by atoms with Crippen molar-refractivity contribution in [3.05, 3.63) is 0 Å². The Morgan fingerprint density at radius 3 is 2.90 bits per heavy atom. The molecule has 1 aromatic heterocycles. The summed E-state index contributed by atoms with van der Waals surface area (Å²) < 4.78 is 5.42. The summed E-state index contributed by atoms with van der Waals surface area (Å²) >= 11 is 0. The van der Waals surface area contributed by atoms with Crippen molar-refractivity contribution in [3.63, 3.8) is 0 Å². The summed E-state index contributed by atoms with van der Waals surface area (Å²) in [6, 6.07) is 1.50. The smallest absolute Gasteiger partial charge is 0.323 e. The van der Waals surface area contributed by atoms with E-state index in [-0.39, 0.29) is 5.95 Å². The zero-order chi connectivity index (χ0) is 13.9. The van der Waals surface area contributed by atoms with Gasteiger partial charge in [-0.15, -0.1) is 0 Å². The highest BCUT2D eigenvalue weighted by Gasteiger charge is 2.34. The van der Waals surface area contributed by atoms with Crippen LogP contribution in [0.1, 0.15) is 32.6 Å². The molecule has 1 unspecified atom stereocenters. The molecule has 3 rings (SSSR count). The number of nitrogens with two attached hydrogens (primary N) is 1. The van der Waals surface area contributed by atoms with E-state index in [1.165, 1.54) is 12.8 Å². The van der Waals surface area contributed by atoms with Crippen molar-refractivity contribution in [2.75, 3.05) is 30.7 Å². The Labute approximate surface area is 118 Å². The Balaban J connectivity index is 1.60. The van der Waals surface area contributed by atoms with E-state index in [1.807, 2.05) is 6.92 Å². The summed E-state index contributed by atoms with van der Waals surface area (Å²) in [6.07, 6.45) is 4.72. The van der Waals surface area contributed by atoms with Gasteiger partial charge in [0.25, 0.3) is 0 Å². The highest BCUT2D eigenvalue weighted by molar-refractivity contribution is 5.34. The van der Waals surface area contributed by atoms with Gasteiger partial charge in [0.05, 0.1) is 6.61 Å². The highest BCUT2D eigenvalue weighted by Crippen LogP contribution is 2.30. The maximum absolute atomic E-state index is 5.70. The second kappa shape index (κ2) is 5.78. The molecule has 7 heteroatoms. The van der Waals surface area contributed by atoms with Crippen molar-refractivity contribution in [1.82, 2.24) is 19.9 Å². The van der Waals surface area contributed by atoms with Gasteiger partial charge in [-0.05, 0) is 25.7 Å². The average Bonchev–Trinajstić information content (AvgIpc) is 3.17. The first-order valence-corrected chi connectivity index (χ1v) is 7.39. The summed E-state index contributed by atoms with van der Waals surface area (Å²) in [5.41, 5.74) is 5.70. The fraction of sp³-hybridized carbons (Fsp3) is 0.769. The monoisotopic (exact) mass is 278 g/mol. The highest BCUT2D eigenvalue weighted by atomic mass is 16.5. The van der Waals surface area contributed by atoms with Gasteiger partial charge in [-0.1, -0.05) is 6.92 Å². The van der Waals surface area contributed by atoms with E-state index in [9.17, 15) is 0 Å². The molecule has 20 heavy (non-hydrogen) atoms. The number of rotatable bonds is 6. The van der Waals surface area contributed by atoms with Crippen LogP contribution >= 0.6 is 0 Å². The predicted octanol–water partition coefficient (Wildman–Crippen LogP) is 0.891. The fourth-order valence-electron chi connectivity index (χ4n) is 2.55. The lowest BCUT2D eigenvalue weighted by Crippen LogP contribution is -2.28. The molecule has 1 aromatic rings. The van der Waals surface area contributed by atoms with Gasteiger partial charge in [0.2, 0.25) is 11.9 Å². The van der Waals surface area contributed by atoms with E-state index in [2.05, 4.69) is 25.2 Å². The molecule has 1 aliphatic carbocycles. The van der Waals surface area contributed by atoms with E-state index in [1.54, 1.807) is 0 Å². The lowest BCUT2D eigenvalue weighted by Gasteiger charge is -2.16. The number of ether oxygens (including phenoxy) is 1. The molecule has 0 radical (unpaired) electrons. The number of hydrogen-bond acceptors (Lipinski definition) is 7. The topological polar surface area (TPSA) is 89.2 Å². The Bertz CT molecular complexity index is 464. The van der Waals surface area contributed by atoms with Crippen LogP contribution in [-0.4, -0.2) is 51.6 Å². The molecule has 7 nitrogen and oxygen atoms in total. The van der Waals surface area contributed by atoms with Gasteiger partial charge in [0, 0.05) is 25.2 Å². The number of hydrogen-bond donors (Lipinski definition) is 2. The molecule has 110 valence electrons. The van der Waals surface area contributed by atoms with Crippen LogP contribution in [0.4, 0.5) is 11.9 Å². The van der Waals surface area contributed by atoms with Crippen LogP contribution < -0.4 is 15.8 Å². The molecule has 0 bridgehead atoms. The number of nitrogens with one attached hydrogen (secondary N) is 1. The van der Waals surface area contributed by atoms with E-state index >= 15 is 0 Å². The maximum atomic E-state index is 5.70. The average molecular weight is 278 g/mol. The number of nitrogens with zero attached hydrogens (tertiary/aromatic N) is 4. The minimum absolute atomic E-state index is 0.200.